The van der Waals surface area contributed by atoms with E-state index in [1.54, 1.807) is 30.3 Å². The first-order valence-corrected chi connectivity index (χ1v) is 7.64. The Morgan fingerprint density at radius 1 is 1.23 bits per heavy atom. The zero-order valence-corrected chi connectivity index (χ0v) is 13.3. The van der Waals surface area contributed by atoms with Gasteiger partial charge in [0.05, 0.1) is 18.5 Å². The zero-order valence-electron chi connectivity index (χ0n) is 13.3. The average Bonchev–Trinajstić information content (AvgIpc) is 3.29. The lowest BCUT2D eigenvalue weighted by molar-refractivity contribution is 0.174. The van der Waals surface area contributed by atoms with Crippen molar-refractivity contribution in [1.29, 1.82) is 0 Å². The maximum atomic E-state index is 12.0. The van der Waals surface area contributed by atoms with Crippen molar-refractivity contribution in [3.63, 3.8) is 0 Å². The summed E-state index contributed by atoms with van der Waals surface area (Å²) in [6, 6.07) is 8.32. The molecule has 3 aromatic rings. The molecule has 1 aliphatic heterocycles. The molecule has 0 unspecified atom stereocenters. The van der Waals surface area contributed by atoms with Gasteiger partial charge in [-0.2, -0.15) is 0 Å². The van der Waals surface area contributed by atoms with E-state index in [9.17, 15) is 14.7 Å². The fraction of sp³-hybridized carbons (Fsp3) is 0.118. The monoisotopic (exact) mass is 355 g/mol. The molecule has 4 rings (SSSR count). The Balaban J connectivity index is 1.70. The molecule has 1 aliphatic rings. The Labute approximate surface area is 145 Å². The normalized spacial score (nSPS) is 12.8. The largest absolute Gasteiger partial charge is 0.494 e. The zero-order chi connectivity index (χ0) is 18.1. The number of furan rings is 1. The molecule has 0 spiro atoms. The third-order valence-electron chi connectivity index (χ3n) is 3.80. The number of H-pyrrole nitrogens is 1. The van der Waals surface area contributed by atoms with Crippen LogP contribution in [0.4, 0.5) is 5.69 Å². The maximum Gasteiger partial charge on any atom is 0.331 e. The lowest BCUT2D eigenvalue weighted by Gasteiger charge is -2.07. The van der Waals surface area contributed by atoms with Crippen molar-refractivity contribution in [2.24, 2.45) is 4.99 Å². The van der Waals surface area contributed by atoms with Gasteiger partial charge in [0.25, 0.3) is 5.56 Å². The standard InChI is InChI=1S/C17H13N3O6/c21-15-12(7-18-10-3-4-13-14(6-10)26-9-25-13)16(22)20(17(23)19-15)8-11-2-1-5-24-11/h1-7,22H,8-9H2,(H,19,21,23). The van der Waals surface area contributed by atoms with Crippen LogP contribution >= 0.6 is 0 Å². The van der Waals surface area contributed by atoms with E-state index in [1.807, 2.05) is 0 Å². The van der Waals surface area contributed by atoms with Gasteiger partial charge in [-0.25, -0.2) is 4.79 Å². The minimum atomic E-state index is -0.746. The van der Waals surface area contributed by atoms with Crippen LogP contribution in [0.1, 0.15) is 11.3 Å². The highest BCUT2D eigenvalue weighted by atomic mass is 16.7. The van der Waals surface area contributed by atoms with Crippen LogP contribution in [0.5, 0.6) is 17.4 Å². The topological polar surface area (TPSA) is 119 Å². The highest BCUT2D eigenvalue weighted by Gasteiger charge is 2.15. The maximum absolute atomic E-state index is 12.0. The minimum absolute atomic E-state index is 0.0285. The van der Waals surface area contributed by atoms with Crippen LogP contribution in [0, 0.1) is 0 Å². The molecule has 0 aliphatic carbocycles. The Morgan fingerprint density at radius 2 is 2.08 bits per heavy atom. The van der Waals surface area contributed by atoms with Crippen molar-refractivity contribution in [2.45, 2.75) is 6.54 Å². The molecule has 3 heterocycles. The fourth-order valence-corrected chi connectivity index (χ4v) is 2.50. The van der Waals surface area contributed by atoms with Gasteiger partial charge in [-0.15, -0.1) is 0 Å². The number of ether oxygens (including phenoxy) is 2. The van der Waals surface area contributed by atoms with E-state index in [2.05, 4.69) is 9.98 Å². The summed E-state index contributed by atoms with van der Waals surface area (Å²) in [6.07, 6.45) is 2.63. The first kappa shape index (κ1) is 15.8. The first-order chi connectivity index (χ1) is 12.6. The van der Waals surface area contributed by atoms with Crippen LogP contribution in [-0.4, -0.2) is 27.7 Å². The van der Waals surface area contributed by atoms with Crippen molar-refractivity contribution in [2.75, 3.05) is 6.79 Å². The predicted octanol–water partition coefficient (Wildman–Crippen LogP) is 1.36. The summed E-state index contributed by atoms with van der Waals surface area (Å²) in [6.45, 7) is 0.111. The number of aromatic hydroxyl groups is 1. The number of fused-ring (bicyclic) bond motifs is 1. The van der Waals surface area contributed by atoms with Crippen LogP contribution in [0.3, 0.4) is 0 Å². The van der Waals surface area contributed by atoms with Gasteiger partial charge in [-0.05, 0) is 24.3 Å². The molecule has 0 atom stereocenters. The van der Waals surface area contributed by atoms with Crippen molar-refractivity contribution < 1.29 is 19.0 Å². The molecular formula is C17H13N3O6. The smallest absolute Gasteiger partial charge is 0.331 e. The Morgan fingerprint density at radius 3 is 2.88 bits per heavy atom. The van der Waals surface area contributed by atoms with E-state index in [0.717, 1.165) is 4.57 Å². The van der Waals surface area contributed by atoms with E-state index < -0.39 is 17.1 Å². The fourth-order valence-electron chi connectivity index (χ4n) is 2.50. The number of nitrogens with zero attached hydrogens (tertiary/aromatic N) is 2. The van der Waals surface area contributed by atoms with E-state index >= 15 is 0 Å². The van der Waals surface area contributed by atoms with Crippen molar-refractivity contribution >= 4 is 11.9 Å². The van der Waals surface area contributed by atoms with Gasteiger partial charge < -0.3 is 19.0 Å². The van der Waals surface area contributed by atoms with Crippen LogP contribution in [-0.2, 0) is 6.54 Å². The predicted molar refractivity (Wildman–Crippen MR) is 90.6 cm³/mol. The summed E-state index contributed by atoms with van der Waals surface area (Å²) in [5, 5.41) is 10.3. The summed E-state index contributed by atoms with van der Waals surface area (Å²) < 4.78 is 16.6. The third kappa shape index (κ3) is 2.86. The second-order valence-corrected chi connectivity index (χ2v) is 5.46. The van der Waals surface area contributed by atoms with Crippen LogP contribution in [0.15, 0.2) is 55.6 Å². The first-order valence-electron chi connectivity index (χ1n) is 7.64. The van der Waals surface area contributed by atoms with Gasteiger partial charge in [0, 0.05) is 12.3 Å². The molecule has 0 bridgehead atoms. The van der Waals surface area contributed by atoms with Crippen LogP contribution in [0.25, 0.3) is 0 Å². The van der Waals surface area contributed by atoms with Gasteiger partial charge in [-0.3, -0.25) is 19.3 Å². The number of aromatic amines is 1. The molecule has 0 radical (unpaired) electrons. The molecule has 0 fully saturated rings. The number of benzene rings is 1. The quantitative estimate of drug-likeness (QED) is 0.682. The van der Waals surface area contributed by atoms with Gasteiger partial charge in [-0.1, -0.05) is 0 Å². The number of nitrogens with one attached hydrogen (secondary N) is 1. The Bertz CT molecular complexity index is 1090. The molecule has 0 amide bonds. The molecule has 132 valence electrons. The Kier molecular flexibility index (Phi) is 3.81. The number of hydrogen-bond acceptors (Lipinski definition) is 7. The number of aromatic nitrogens is 2. The highest BCUT2D eigenvalue weighted by molar-refractivity contribution is 5.84. The third-order valence-corrected chi connectivity index (χ3v) is 3.80. The summed E-state index contributed by atoms with van der Waals surface area (Å²) >= 11 is 0. The summed E-state index contributed by atoms with van der Waals surface area (Å²) in [5.74, 6) is 1.10. The van der Waals surface area contributed by atoms with Crippen molar-refractivity contribution in [3.05, 3.63) is 68.8 Å². The summed E-state index contributed by atoms with van der Waals surface area (Å²) in [5.41, 5.74) is -1.14. The molecule has 26 heavy (non-hydrogen) atoms. The molecule has 1 aromatic carbocycles. The van der Waals surface area contributed by atoms with Crippen molar-refractivity contribution in [1.82, 2.24) is 9.55 Å². The van der Waals surface area contributed by atoms with Crippen molar-refractivity contribution in [3.8, 4) is 17.4 Å². The molecule has 9 heteroatoms. The van der Waals surface area contributed by atoms with Crippen LogP contribution in [0.2, 0.25) is 0 Å². The summed E-state index contributed by atoms with van der Waals surface area (Å²) in [4.78, 5) is 30.3. The Hall–Kier alpha value is -3.75. The van der Waals surface area contributed by atoms with Crippen LogP contribution < -0.4 is 20.7 Å². The summed E-state index contributed by atoms with van der Waals surface area (Å²) in [7, 11) is 0. The molecule has 2 aromatic heterocycles. The molecule has 9 nitrogen and oxygen atoms in total. The highest BCUT2D eigenvalue weighted by Crippen LogP contribution is 2.35. The number of aliphatic imine (C=N–C) groups is 1. The van der Waals surface area contributed by atoms with Gasteiger partial charge in [0.2, 0.25) is 12.7 Å². The van der Waals surface area contributed by atoms with E-state index in [4.69, 9.17) is 13.9 Å². The van der Waals surface area contributed by atoms with E-state index in [0.29, 0.717) is 22.9 Å². The average molecular weight is 355 g/mol. The van der Waals surface area contributed by atoms with E-state index in [1.165, 1.54) is 12.5 Å². The van der Waals surface area contributed by atoms with Gasteiger partial charge in [0.15, 0.2) is 11.5 Å². The molecule has 0 saturated carbocycles. The molecular weight excluding hydrogens is 342 g/mol. The van der Waals surface area contributed by atoms with Gasteiger partial charge in [0.1, 0.15) is 11.3 Å². The van der Waals surface area contributed by atoms with Gasteiger partial charge >= 0.3 is 5.69 Å². The second-order valence-electron chi connectivity index (χ2n) is 5.46. The number of rotatable bonds is 4. The lowest BCUT2D eigenvalue weighted by atomic mass is 10.2. The molecule has 2 N–H and O–H groups in total. The second kappa shape index (κ2) is 6.28. The number of hydrogen-bond donors (Lipinski definition) is 2. The van der Waals surface area contributed by atoms with E-state index in [-0.39, 0.29) is 18.9 Å². The minimum Gasteiger partial charge on any atom is -0.494 e. The SMILES string of the molecule is O=c1[nH]c(=O)n(Cc2ccco2)c(O)c1C=Nc1ccc2c(c1)OCO2. The molecule has 0 saturated heterocycles. The lowest BCUT2D eigenvalue weighted by Crippen LogP contribution is -2.32.